The Balaban J connectivity index is 2.49. The molecule has 0 radical (unpaired) electrons. The minimum Gasteiger partial charge on any atom is -0.376 e. The third kappa shape index (κ3) is 4.30. The number of ether oxygens (including phenoxy) is 1. The largest absolute Gasteiger partial charge is 0.376 e. The summed E-state index contributed by atoms with van der Waals surface area (Å²) in [6.45, 7) is 6.21. The second-order valence-corrected chi connectivity index (χ2v) is 3.95. The van der Waals surface area contributed by atoms with Crippen LogP contribution >= 0.6 is 0 Å². The topological polar surface area (TPSA) is 22.3 Å². The first kappa shape index (κ1) is 12.0. The summed E-state index contributed by atoms with van der Waals surface area (Å²) in [5.41, 5.74) is 1.26. The van der Waals surface area contributed by atoms with Gasteiger partial charge in [-0.15, -0.1) is 0 Å². The van der Waals surface area contributed by atoms with Crippen LogP contribution in [0.4, 0.5) is 0 Å². The van der Waals surface area contributed by atoms with Crippen LogP contribution in [0.15, 0.2) is 24.5 Å². The Morgan fingerprint density at radius 3 is 2.27 bits per heavy atom. The lowest BCUT2D eigenvalue weighted by molar-refractivity contribution is -0.885. The molecule has 3 heteroatoms. The van der Waals surface area contributed by atoms with Gasteiger partial charge in [-0.05, 0) is 32.8 Å². The predicted molar refractivity (Wildman–Crippen MR) is 58.5 cm³/mol. The molecule has 0 aliphatic heterocycles. The van der Waals surface area contributed by atoms with Crippen molar-refractivity contribution in [2.24, 2.45) is 0 Å². The highest BCUT2D eigenvalue weighted by Crippen LogP contribution is 2.05. The summed E-state index contributed by atoms with van der Waals surface area (Å²) in [6, 6.07) is 4.09. The first-order valence-electron chi connectivity index (χ1n) is 5.32. The summed E-state index contributed by atoms with van der Waals surface area (Å²) in [5, 5.41) is 0. The molecule has 3 nitrogen and oxygen atoms in total. The van der Waals surface area contributed by atoms with Gasteiger partial charge in [-0.25, -0.2) is 0 Å². The van der Waals surface area contributed by atoms with E-state index in [1.807, 2.05) is 24.5 Å². The average molecular weight is 210 g/mol. The summed E-state index contributed by atoms with van der Waals surface area (Å²) in [6.07, 6.45) is 5.27. The zero-order valence-corrected chi connectivity index (χ0v) is 9.93. The number of rotatable bonds is 5. The lowest BCUT2D eigenvalue weighted by Crippen LogP contribution is -2.39. The Hall–Kier alpha value is -1.09. The molecule has 1 aromatic heterocycles. The lowest BCUT2D eigenvalue weighted by atomic mass is 10.1. The van der Waals surface area contributed by atoms with Gasteiger partial charge in [0.05, 0.1) is 12.2 Å². The molecule has 0 amide bonds. The van der Waals surface area contributed by atoms with Crippen molar-refractivity contribution in [3.05, 3.63) is 30.1 Å². The highest BCUT2D eigenvalue weighted by atomic mass is 16.6. The van der Waals surface area contributed by atoms with E-state index < -0.39 is 0 Å². The summed E-state index contributed by atoms with van der Waals surface area (Å²) in [7, 11) is 1.64. The number of pyridine rings is 1. The quantitative estimate of drug-likeness (QED) is 0.685. The van der Waals surface area contributed by atoms with E-state index in [2.05, 4.69) is 20.8 Å². The van der Waals surface area contributed by atoms with Gasteiger partial charge in [0.2, 0.25) is 12.4 Å². The molecule has 0 aliphatic carbocycles. The highest BCUT2D eigenvalue weighted by molar-refractivity contribution is 5.08. The summed E-state index contributed by atoms with van der Waals surface area (Å²) < 4.78 is 7.34. The third-order valence-electron chi connectivity index (χ3n) is 2.11. The molecule has 1 unspecified atom stereocenters. The van der Waals surface area contributed by atoms with Gasteiger partial charge < -0.3 is 4.74 Å². The van der Waals surface area contributed by atoms with Crippen LogP contribution < -0.4 is 9.57 Å². The number of nitrogens with zero attached hydrogens (tertiary/aromatic N) is 1. The fourth-order valence-corrected chi connectivity index (χ4v) is 1.55. The van der Waals surface area contributed by atoms with Crippen LogP contribution in [0, 0.1) is 0 Å². The van der Waals surface area contributed by atoms with Crippen molar-refractivity contribution in [1.82, 2.24) is 0 Å². The SMILES string of the molecule is CO[n+]1ccc(CC(C)OC(C)C)cc1. The van der Waals surface area contributed by atoms with Crippen molar-refractivity contribution in [1.29, 1.82) is 0 Å². The molecule has 1 heterocycles. The Labute approximate surface area is 91.6 Å². The van der Waals surface area contributed by atoms with Crippen molar-refractivity contribution < 1.29 is 14.3 Å². The van der Waals surface area contributed by atoms with Gasteiger partial charge in [-0.3, -0.25) is 4.84 Å². The molecule has 1 aromatic rings. The monoisotopic (exact) mass is 210 g/mol. The maximum absolute atomic E-state index is 5.67. The molecule has 84 valence electrons. The average Bonchev–Trinajstić information content (AvgIpc) is 2.17. The van der Waals surface area contributed by atoms with Crippen LogP contribution in [0.3, 0.4) is 0 Å². The first-order chi connectivity index (χ1) is 7.11. The fourth-order valence-electron chi connectivity index (χ4n) is 1.55. The molecule has 1 rings (SSSR count). The molecule has 0 aromatic carbocycles. The van der Waals surface area contributed by atoms with Crippen LogP contribution in [-0.2, 0) is 11.2 Å². The van der Waals surface area contributed by atoms with Crippen LogP contribution in [0.25, 0.3) is 0 Å². The van der Waals surface area contributed by atoms with Crippen molar-refractivity contribution in [2.75, 3.05) is 7.11 Å². The molecule has 15 heavy (non-hydrogen) atoms. The molecular formula is C12H20NO2+. The van der Waals surface area contributed by atoms with E-state index in [1.165, 1.54) is 5.56 Å². The molecule has 0 saturated carbocycles. The second-order valence-electron chi connectivity index (χ2n) is 3.95. The lowest BCUT2D eigenvalue weighted by Gasteiger charge is -2.15. The van der Waals surface area contributed by atoms with E-state index in [-0.39, 0.29) is 12.2 Å². The maximum atomic E-state index is 5.67. The maximum Gasteiger partial charge on any atom is 0.222 e. The minimum atomic E-state index is 0.253. The van der Waals surface area contributed by atoms with Gasteiger partial charge in [0, 0.05) is 16.9 Å². The molecule has 0 fully saturated rings. The fraction of sp³-hybridized carbons (Fsp3) is 0.583. The van der Waals surface area contributed by atoms with Crippen LogP contribution in [0.5, 0.6) is 0 Å². The Morgan fingerprint density at radius 1 is 1.20 bits per heavy atom. The number of aromatic nitrogens is 1. The second kappa shape index (κ2) is 5.71. The molecule has 0 aliphatic rings. The normalized spacial score (nSPS) is 12.9. The van der Waals surface area contributed by atoms with Crippen LogP contribution in [0.2, 0.25) is 0 Å². The molecule has 1 atom stereocenters. The van der Waals surface area contributed by atoms with E-state index in [4.69, 9.17) is 9.57 Å². The van der Waals surface area contributed by atoms with E-state index in [0.717, 1.165) is 6.42 Å². The Kier molecular flexibility index (Phi) is 4.56. The standard InChI is InChI=1S/C12H20NO2/c1-10(2)15-11(3)9-12-5-7-13(14-4)8-6-12/h5-8,10-11H,9H2,1-4H3/q+1. The zero-order chi connectivity index (χ0) is 11.3. The summed E-state index contributed by atoms with van der Waals surface area (Å²) >= 11 is 0. The van der Waals surface area contributed by atoms with E-state index in [0.29, 0.717) is 0 Å². The van der Waals surface area contributed by atoms with Gasteiger partial charge in [0.1, 0.15) is 7.11 Å². The third-order valence-corrected chi connectivity index (χ3v) is 2.11. The van der Waals surface area contributed by atoms with Gasteiger partial charge in [-0.2, -0.15) is 0 Å². The first-order valence-corrected chi connectivity index (χ1v) is 5.32. The Bertz CT molecular complexity index is 282. The highest BCUT2D eigenvalue weighted by Gasteiger charge is 2.07. The smallest absolute Gasteiger partial charge is 0.222 e. The van der Waals surface area contributed by atoms with Gasteiger partial charge in [0.25, 0.3) is 0 Å². The molecular weight excluding hydrogens is 190 g/mol. The molecule has 0 bridgehead atoms. The van der Waals surface area contributed by atoms with E-state index >= 15 is 0 Å². The summed E-state index contributed by atoms with van der Waals surface area (Å²) in [5.74, 6) is 0. The van der Waals surface area contributed by atoms with Gasteiger partial charge in [-0.1, -0.05) is 0 Å². The molecule has 0 spiro atoms. The number of hydrogen-bond acceptors (Lipinski definition) is 2. The van der Waals surface area contributed by atoms with Crippen LogP contribution in [-0.4, -0.2) is 19.3 Å². The van der Waals surface area contributed by atoms with Crippen LogP contribution in [0.1, 0.15) is 26.3 Å². The van der Waals surface area contributed by atoms with Crippen molar-refractivity contribution in [3.8, 4) is 0 Å². The van der Waals surface area contributed by atoms with E-state index in [9.17, 15) is 0 Å². The van der Waals surface area contributed by atoms with Gasteiger partial charge in [0.15, 0.2) is 0 Å². The molecule has 0 saturated heterocycles. The predicted octanol–water partition coefficient (Wildman–Crippen LogP) is 1.39. The van der Waals surface area contributed by atoms with Gasteiger partial charge >= 0.3 is 0 Å². The van der Waals surface area contributed by atoms with E-state index in [1.54, 1.807) is 11.8 Å². The Morgan fingerprint density at radius 2 is 1.80 bits per heavy atom. The summed E-state index contributed by atoms with van der Waals surface area (Å²) in [4.78, 5) is 5.02. The van der Waals surface area contributed by atoms with Crippen molar-refractivity contribution in [2.45, 2.75) is 39.4 Å². The molecule has 0 N–H and O–H groups in total. The minimum absolute atomic E-state index is 0.253. The van der Waals surface area contributed by atoms with Crippen molar-refractivity contribution >= 4 is 0 Å². The zero-order valence-electron chi connectivity index (χ0n) is 9.93. The number of hydrogen-bond donors (Lipinski definition) is 0. The van der Waals surface area contributed by atoms with Crippen molar-refractivity contribution in [3.63, 3.8) is 0 Å².